The average molecular weight is 138 g/mol. The van der Waals surface area contributed by atoms with Gasteiger partial charge in [0.1, 0.15) is 0 Å². The summed E-state index contributed by atoms with van der Waals surface area (Å²) in [6, 6.07) is 0. The molecular weight excluding hydrogens is 133 g/mol. The summed E-state index contributed by atoms with van der Waals surface area (Å²) in [4.78, 5) is 0. The van der Waals surface area contributed by atoms with Crippen LogP contribution in [0.25, 0.3) is 0 Å². The van der Waals surface area contributed by atoms with Gasteiger partial charge in [0.05, 0.1) is 6.61 Å². The van der Waals surface area contributed by atoms with Crippen molar-refractivity contribution in [2.24, 2.45) is 0 Å². The normalized spacial score (nSPS) is 19.2. The summed E-state index contributed by atoms with van der Waals surface area (Å²) in [5, 5.41) is 0. The summed E-state index contributed by atoms with van der Waals surface area (Å²) in [5.74, 6) is -0.845. The van der Waals surface area contributed by atoms with Crippen molar-refractivity contribution in [2.45, 2.75) is 12.6 Å². The molecule has 0 N–H and O–H groups in total. The Balaban J connectivity index is 2.61. The van der Waals surface area contributed by atoms with Crippen LogP contribution in [0.1, 0.15) is 6.42 Å². The van der Waals surface area contributed by atoms with Gasteiger partial charge in [-0.2, -0.15) is 13.2 Å². The first-order valence-electron chi connectivity index (χ1n) is 2.51. The van der Waals surface area contributed by atoms with Crippen LogP contribution in [0, 0.1) is 0 Å². The lowest BCUT2D eigenvalue weighted by Crippen LogP contribution is -2.11. The highest BCUT2D eigenvalue weighted by atomic mass is 19.4. The van der Waals surface area contributed by atoms with Crippen molar-refractivity contribution in [3.05, 3.63) is 11.8 Å². The molecule has 1 aliphatic heterocycles. The Bertz CT molecular complexity index is 136. The number of ether oxygens (including phenoxy) is 1. The van der Waals surface area contributed by atoms with Crippen LogP contribution in [0.5, 0.6) is 0 Å². The van der Waals surface area contributed by atoms with Gasteiger partial charge in [0.2, 0.25) is 0 Å². The van der Waals surface area contributed by atoms with Gasteiger partial charge in [0, 0.05) is 6.42 Å². The SMILES string of the molecule is FC(F)(F)C1=CCCO1. The number of hydrogen-bond acceptors (Lipinski definition) is 1. The van der Waals surface area contributed by atoms with E-state index in [4.69, 9.17) is 0 Å². The van der Waals surface area contributed by atoms with Crippen LogP contribution in [-0.2, 0) is 4.74 Å². The summed E-state index contributed by atoms with van der Waals surface area (Å²) >= 11 is 0. The quantitative estimate of drug-likeness (QED) is 0.496. The molecule has 52 valence electrons. The predicted molar refractivity (Wildman–Crippen MR) is 24.7 cm³/mol. The highest BCUT2D eigenvalue weighted by Gasteiger charge is 2.37. The number of rotatable bonds is 0. The Morgan fingerprint density at radius 2 is 2.11 bits per heavy atom. The van der Waals surface area contributed by atoms with E-state index in [1.807, 2.05) is 0 Å². The largest absolute Gasteiger partial charge is 0.489 e. The monoisotopic (exact) mass is 138 g/mol. The molecule has 0 saturated heterocycles. The molecule has 1 heterocycles. The fourth-order valence-electron chi connectivity index (χ4n) is 0.615. The summed E-state index contributed by atoms with van der Waals surface area (Å²) in [6.07, 6.45) is -2.86. The Morgan fingerprint density at radius 1 is 1.44 bits per heavy atom. The van der Waals surface area contributed by atoms with Crippen molar-refractivity contribution in [1.82, 2.24) is 0 Å². The van der Waals surface area contributed by atoms with Crippen molar-refractivity contribution in [1.29, 1.82) is 0 Å². The second kappa shape index (κ2) is 1.93. The van der Waals surface area contributed by atoms with Crippen LogP contribution < -0.4 is 0 Å². The molecule has 0 spiro atoms. The Labute approximate surface area is 50.1 Å². The third-order valence-electron chi connectivity index (χ3n) is 0.985. The molecule has 1 nitrogen and oxygen atoms in total. The zero-order valence-corrected chi connectivity index (χ0v) is 4.53. The molecule has 0 fully saturated rings. The van der Waals surface area contributed by atoms with E-state index in [1.165, 1.54) is 0 Å². The second-order valence-electron chi connectivity index (χ2n) is 1.70. The highest BCUT2D eigenvalue weighted by molar-refractivity contribution is 5.04. The van der Waals surface area contributed by atoms with Crippen molar-refractivity contribution in [3.8, 4) is 0 Å². The number of hydrogen-bond donors (Lipinski definition) is 0. The molecule has 0 amide bonds. The minimum atomic E-state index is -4.28. The van der Waals surface area contributed by atoms with Gasteiger partial charge in [0.25, 0.3) is 0 Å². The third kappa shape index (κ3) is 1.37. The lowest BCUT2D eigenvalue weighted by Gasteiger charge is -2.05. The maximum Gasteiger partial charge on any atom is 0.448 e. The number of alkyl halides is 3. The maximum atomic E-state index is 11.6. The van der Waals surface area contributed by atoms with Gasteiger partial charge in [-0.05, 0) is 6.08 Å². The summed E-state index contributed by atoms with van der Waals surface area (Å²) in [7, 11) is 0. The maximum absolute atomic E-state index is 11.6. The van der Waals surface area contributed by atoms with Gasteiger partial charge in [-0.1, -0.05) is 0 Å². The lowest BCUT2D eigenvalue weighted by atomic mass is 10.4. The van der Waals surface area contributed by atoms with Crippen LogP contribution >= 0.6 is 0 Å². The summed E-state index contributed by atoms with van der Waals surface area (Å²) in [5.41, 5.74) is 0. The van der Waals surface area contributed by atoms with Crippen LogP contribution in [0.15, 0.2) is 11.8 Å². The van der Waals surface area contributed by atoms with Crippen LogP contribution in [-0.4, -0.2) is 12.8 Å². The molecule has 0 radical (unpaired) electrons. The standard InChI is InChI=1S/C5H5F3O/c6-5(7,8)4-2-1-3-9-4/h2H,1,3H2. The van der Waals surface area contributed by atoms with Crippen molar-refractivity contribution < 1.29 is 17.9 Å². The summed E-state index contributed by atoms with van der Waals surface area (Å²) < 4.78 is 39.0. The zero-order chi connectivity index (χ0) is 6.91. The molecule has 0 aromatic carbocycles. The average Bonchev–Trinajstić information content (AvgIpc) is 2.08. The van der Waals surface area contributed by atoms with Crippen LogP contribution in [0.4, 0.5) is 13.2 Å². The molecule has 0 unspecified atom stereocenters. The molecule has 0 aromatic rings. The van der Waals surface area contributed by atoms with Gasteiger partial charge in [0.15, 0.2) is 5.76 Å². The topological polar surface area (TPSA) is 9.23 Å². The van der Waals surface area contributed by atoms with E-state index in [9.17, 15) is 13.2 Å². The number of allylic oxidation sites excluding steroid dienone is 1. The molecule has 4 heteroatoms. The van der Waals surface area contributed by atoms with Crippen LogP contribution in [0.3, 0.4) is 0 Å². The first-order valence-corrected chi connectivity index (χ1v) is 2.51. The summed E-state index contributed by atoms with van der Waals surface area (Å²) in [6.45, 7) is 0.162. The fraction of sp³-hybridized carbons (Fsp3) is 0.600. The Kier molecular flexibility index (Phi) is 1.38. The number of halogens is 3. The van der Waals surface area contributed by atoms with E-state index in [0.29, 0.717) is 6.42 Å². The molecule has 0 aliphatic carbocycles. The molecule has 1 aliphatic rings. The fourth-order valence-corrected chi connectivity index (χ4v) is 0.615. The zero-order valence-electron chi connectivity index (χ0n) is 4.53. The minimum Gasteiger partial charge on any atom is -0.489 e. The molecule has 0 saturated carbocycles. The van der Waals surface area contributed by atoms with E-state index in [0.717, 1.165) is 6.08 Å². The molecular formula is C5H5F3O. The Hall–Kier alpha value is -0.670. The van der Waals surface area contributed by atoms with E-state index in [-0.39, 0.29) is 6.61 Å². The molecule has 9 heavy (non-hydrogen) atoms. The van der Waals surface area contributed by atoms with Gasteiger partial charge in [-0.3, -0.25) is 0 Å². The molecule has 1 rings (SSSR count). The van der Waals surface area contributed by atoms with Crippen molar-refractivity contribution in [2.75, 3.05) is 6.61 Å². The van der Waals surface area contributed by atoms with Gasteiger partial charge >= 0.3 is 6.18 Å². The highest BCUT2D eigenvalue weighted by Crippen LogP contribution is 2.29. The van der Waals surface area contributed by atoms with Gasteiger partial charge in [-0.15, -0.1) is 0 Å². The lowest BCUT2D eigenvalue weighted by molar-refractivity contribution is -0.126. The van der Waals surface area contributed by atoms with Gasteiger partial charge < -0.3 is 4.74 Å². The van der Waals surface area contributed by atoms with Gasteiger partial charge in [-0.25, -0.2) is 0 Å². The van der Waals surface area contributed by atoms with Crippen LogP contribution in [0.2, 0.25) is 0 Å². The first-order chi connectivity index (χ1) is 4.11. The van der Waals surface area contributed by atoms with E-state index >= 15 is 0 Å². The van der Waals surface area contributed by atoms with Crippen molar-refractivity contribution >= 4 is 0 Å². The predicted octanol–water partition coefficient (Wildman–Crippen LogP) is 1.85. The first kappa shape index (κ1) is 6.45. The van der Waals surface area contributed by atoms with Crippen molar-refractivity contribution in [3.63, 3.8) is 0 Å². The minimum absolute atomic E-state index is 0.162. The smallest absolute Gasteiger partial charge is 0.448 e. The van der Waals surface area contributed by atoms with E-state index in [2.05, 4.69) is 4.74 Å². The van der Waals surface area contributed by atoms with E-state index in [1.54, 1.807) is 0 Å². The molecule has 0 atom stereocenters. The second-order valence-corrected chi connectivity index (χ2v) is 1.70. The molecule has 0 bridgehead atoms. The third-order valence-corrected chi connectivity index (χ3v) is 0.985. The van der Waals surface area contributed by atoms with E-state index < -0.39 is 11.9 Å². The Morgan fingerprint density at radius 3 is 2.33 bits per heavy atom. The molecule has 0 aromatic heterocycles.